The van der Waals surface area contributed by atoms with E-state index in [9.17, 15) is 9.59 Å². The summed E-state index contributed by atoms with van der Waals surface area (Å²) in [6.45, 7) is 2.06. The zero-order chi connectivity index (χ0) is 15.9. The van der Waals surface area contributed by atoms with Gasteiger partial charge in [0, 0.05) is 18.8 Å². The number of amides is 2. The van der Waals surface area contributed by atoms with Gasteiger partial charge in [0.15, 0.2) is 0 Å². The van der Waals surface area contributed by atoms with Crippen molar-refractivity contribution in [1.29, 1.82) is 0 Å². The van der Waals surface area contributed by atoms with Gasteiger partial charge in [-0.2, -0.15) is 0 Å². The van der Waals surface area contributed by atoms with Gasteiger partial charge in [0.05, 0.1) is 14.2 Å². The molecule has 7 heteroatoms. The van der Waals surface area contributed by atoms with E-state index in [1.54, 1.807) is 18.8 Å². The van der Waals surface area contributed by atoms with Gasteiger partial charge in [0.25, 0.3) is 5.91 Å². The van der Waals surface area contributed by atoms with E-state index in [2.05, 4.69) is 10.1 Å². The molecule has 0 heterocycles. The number of hydrogen-bond donors (Lipinski definition) is 1. The number of nitrogens with one attached hydrogen (secondary N) is 1. The summed E-state index contributed by atoms with van der Waals surface area (Å²) in [6, 6.07) is 0. The standard InChI is InChI=1S/C14H26N2O4S/c1-14(10-15-13(18)19-3,12(17)16(2)20-4)21-11-8-6-5-7-9-11/h11H,5-10H2,1-4H3,(H,15,18)/t14-/m0/s1. The molecule has 1 aliphatic rings. The third-order valence-corrected chi connectivity index (χ3v) is 5.39. The fourth-order valence-corrected chi connectivity index (χ4v) is 4.14. The summed E-state index contributed by atoms with van der Waals surface area (Å²) in [5.41, 5.74) is 0. The second kappa shape index (κ2) is 8.48. The van der Waals surface area contributed by atoms with Crippen molar-refractivity contribution < 1.29 is 19.2 Å². The van der Waals surface area contributed by atoms with Gasteiger partial charge in [-0.25, -0.2) is 9.86 Å². The van der Waals surface area contributed by atoms with Crippen LogP contribution in [0.5, 0.6) is 0 Å². The van der Waals surface area contributed by atoms with Crippen LogP contribution in [0, 0.1) is 0 Å². The van der Waals surface area contributed by atoms with Gasteiger partial charge in [-0.15, -0.1) is 11.8 Å². The molecule has 0 aromatic heterocycles. The van der Waals surface area contributed by atoms with Crippen LogP contribution in [0.15, 0.2) is 0 Å². The molecular formula is C14H26N2O4S. The minimum absolute atomic E-state index is 0.156. The summed E-state index contributed by atoms with van der Waals surface area (Å²) in [5.74, 6) is -0.156. The first kappa shape index (κ1) is 18.1. The molecule has 122 valence electrons. The first-order valence-electron chi connectivity index (χ1n) is 7.25. The highest BCUT2D eigenvalue weighted by molar-refractivity contribution is 8.02. The second-order valence-electron chi connectivity index (χ2n) is 5.44. The number of methoxy groups -OCH3 is 1. The lowest BCUT2D eigenvalue weighted by atomic mass is 10.0. The van der Waals surface area contributed by atoms with E-state index in [1.807, 2.05) is 6.92 Å². The number of carbonyl (C=O) groups excluding carboxylic acids is 2. The van der Waals surface area contributed by atoms with Crippen LogP contribution in [0.2, 0.25) is 0 Å². The van der Waals surface area contributed by atoms with Crippen molar-refractivity contribution in [3.63, 3.8) is 0 Å². The third-order valence-electron chi connectivity index (χ3n) is 3.75. The molecule has 1 fully saturated rings. The Morgan fingerprint density at radius 3 is 2.43 bits per heavy atom. The maximum atomic E-state index is 12.6. The molecule has 0 saturated heterocycles. The molecule has 0 bridgehead atoms. The highest BCUT2D eigenvalue weighted by Gasteiger charge is 2.39. The highest BCUT2D eigenvalue weighted by atomic mass is 32.2. The molecule has 2 amide bonds. The molecule has 21 heavy (non-hydrogen) atoms. The Kier molecular flexibility index (Phi) is 7.31. The Morgan fingerprint density at radius 2 is 1.90 bits per heavy atom. The van der Waals surface area contributed by atoms with Gasteiger partial charge < -0.3 is 10.1 Å². The average Bonchev–Trinajstić information content (AvgIpc) is 2.52. The van der Waals surface area contributed by atoms with E-state index in [0.717, 1.165) is 12.8 Å². The van der Waals surface area contributed by atoms with Crippen LogP contribution in [0.1, 0.15) is 39.0 Å². The van der Waals surface area contributed by atoms with Crippen LogP contribution in [0.25, 0.3) is 0 Å². The number of hydroxylamine groups is 2. The quantitative estimate of drug-likeness (QED) is 0.760. The number of rotatable bonds is 6. The zero-order valence-electron chi connectivity index (χ0n) is 13.3. The van der Waals surface area contributed by atoms with Crippen LogP contribution in [0.3, 0.4) is 0 Å². The number of carbonyl (C=O) groups is 2. The third kappa shape index (κ3) is 5.39. The van der Waals surface area contributed by atoms with E-state index in [-0.39, 0.29) is 12.5 Å². The van der Waals surface area contributed by atoms with Gasteiger partial charge >= 0.3 is 6.09 Å². The summed E-state index contributed by atoms with van der Waals surface area (Å²) in [5, 5.41) is 4.30. The smallest absolute Gasteiger partial charge is 0.406 e. The fraction of sp³-hybridized carbons (Fsp3) is 0.857. The largest absolute Gasteiger partial charge is 0.453 e. The number of ether oxygens (including phenoxy) is 1. The van der Waals surface area contributed by atoms with Crippen molar-refractivity contribution >= 4 is 23.8 Å². The molecule has 0 aromatic carbocycles. The molecule has 0 aromatic rings. The topological polar surface area (TPSA) is 67.9 Å². The van der Waals surface area contributed by atoms with Crippen LogP contribution >= 0.6 is 11.8 Å². The Morgan fingerprint density at radius 1 is 1.29 bits per heavy atom. The predicted molar refractivity (Wildman–Crippen MR) is 83.1 cm³/mol. The highest BCUT2D eigenvalue weighted by Crippen LogP contribution is 2.37. The van der Waals surface area contributed by atoms with Crippen molar-refractivity contribution in [2.24, 2.45) is 0 Å². The van der Waals surface area contributed by atoms with Crippen LogP contribution < -0.4 is 5.32 Å². The Hall–Kier alpha value is -0.950. The minimum Gasteiger partial charge on any atom is -0.453 e. The van der Waals surface area contributed by atoms with Gasteiger partial charge in [-0.1, -0.05) is 19.3 Å². The Balaban J connectivity index is 2.75. The van der Waals surface area contributed by atoms with Gasteiger partial charge in [-0.05, 0) is 19.8 Å². The summed E-state index contributed by atoms with van der Waals surface area (Å²) in [7, 11) is 4.35. The molecule has 1 aliphatic carbocycles. The molecule has 0 radical (unpaired) electrons. The molecule has 0 unspecified atom stereocenters. The van der Waals surface area contributed by atoms with Crippen LogP contribution in [0.4, 0.5) is 4.79 Å². The van der Waals surface area contributed by atoms with Crippen molar-refractivity contribution in [2.45, 2.75) is 49.0 Å². The molecule has 1 atom stereocenters. The molecule has 1 saturated carbocycles. The predicted octanol–water partition coefficient (Wildman–Crippen LogP) is 2.19. The second-order valence-corrected chi connectivity index (χ2v) is 7.24. The van der Waals surface area contributed by atoms with Gasteiger partial charge in [-0.3, -0.25) is 9.63 Å². The summed E-state index contributed by atoms with van der Waals surface area (Å²) >= 11 is 1.63. The Labute approximate surface area is 130 Å². The first-order valence-corrected chi connectivity index (χ1v) is 8.13. The molecule has 0 aliphatic heterocycles. The number of nitrogens with zero attached hydrogens (tertiary/aromatic N) is 1. The van der Waals surface area contributed by atoms with E-state index < -0.39 is 10.8 Å². The lowest BCUT2D eigenvalue weighted by Crippen LogP contribution is -2.51. The van der Waals surface area contributed by atoms with Gasteiger partial charge in [0.1, 0.15) is 4.75 Å². The van der Waals surface area contributed by atoms with E-state index in [1.165, 1.54) is 38.5 Å². The number of hydrogen-bond acceptors (Lipinski definition) is 5. The van der Waals surface area contributed by atoms with Crippen molar-refractivity contribution in [3.05, 3.63) is 0 Å². The number of thioether (sulfide) groups is 1. The lowest BCUT2D eigenvalue weighted by molar-refractivity contribution is -0.170. The van der Waals surface area contributed by atoms with Crippen molar-refractivity contribution in [1.82, 2.24) is 10.4 Å². The maximum Gasteiger partial charge on any atom is 0.406 e. The van der Waals surface area contributed by atoms with E-state index in [4.69, 9.17) is 4.84 Å². The van der Waals surface area contributed by atoms with E-state index in [0.29, 0.717) is 5.25 Å². The summed E-state index contributed by atoms with van der Waals surface area (Å²) in [6.07, 6.45) is 5.36. The SMILES string of the molecule is COC(=O)NC[C@](C)(SC1CCCCC1)C(=O)N(C)OC. The fourth-order valence-electron chi connectivity index (χ4n) is 2.45. The van der Waals surface area contributed by atoms with E-state index >= 15 is 0 Å². The minimum atomic E-state index is -0.763. The van der Waals surface area contributed by atoms with Crippen molar-refractivity contribution in [3.8, 4) is 0 Å². The first-order chi connectivity index (χ1) is 9.92. The molecule has 1 N–H and O–H groups in total. The summed E-state index contributed by atoms with van der Waals surface area (Å²) in [4.78, 5) is 28.9. The molecule has 1 rings (SSSR count). The lowest BCUT2D eigenvalue weighted by Gasteiger charge is -2.35. The van der Waals surface area contributed by atoms with Crippen molar-refractivity contribution in [2.75, 3.05) is 27.8 Å². The van der Waals surface area contributed by atoms with Gasteiger partial charge in [0.2, 0.25) is 0 Å². The molecule has 0 spiro atoms. The maximum absolute atomic E-state index is 12.6. The van der Waals surface area contributed by atoms with Crippen LogP contribution in [-0.2, 0) is 14.4 Å². The monoisotopic (exact) mass is 318 g/mol. The average molecular weight is 318 g/mol. The van der Waals surface area contributed by atoms with Crippen LogP contribution in [-0.4, -0.2) is 54.9 Å². The molecular weight excluding hydrogens is 292 g/mol. The Bertz CT molecular complexity index is 361. The molecule has 6 nitrogen and oxygen atoms in total. The zero-order valence-corrected chi connectivity index (χ0v) is 14.1. The summed E-state index contributed by atoms with van der Waals surface area (Å²) < 4.78 is 3.82. The number of alkyl carbamates (subject to hydrolysis) is 1. The normalized spacial score (nSPS) is 18.7.